The highest BCUT2D eigenvalue weighted by molar-refractivity contribution is 8.01. The van der Waals surface area contributed by atoms with Crippen molar-refractivity contribution in [3.05, 3.63) is 65.4 Å². The maximum Gasteiger partial charge on any atom is 0.238 e. The van der Waals surface area contributed by atoms with Crippen LogP contribution in [0.3, 0.4) is 0 Å². The highest BCUT2D eigenvalue weighted by Crippen LogP contribution is 2.49. The Morgan fingerprint density at radius 2 is 1.86 bits per heavy atom. The van der Waals surface area contributed by atoms with E-state index in [-0.39, 0.29) is 16.4 Å². The molecule has 1 N–H and O–H groups in total. The molecule has 29 heavy (non-hydrogen) atoms. The molecule has 1 aliphatic heterocycles. The Labute approximate surface area is 174 Å². The van der Waals surface area contributed by atoms with Crippen molar-refractivity contribution >= 4 is 23.5 Å². The van der Waals surface area contributed by atoms with Crippen molar-refractivity contribution in [1.29, 1.82) is 0 Å². The number of amides is 1. The van der Waals surface area contributed by atoms with E-state index in [9.17, 15) is 4.79 Å². The number of ether oxygens (including phenoxy) is 2. The zero-order valence-corrected chi connectivity index (χ0v) is 17.6. The Morgan fingerprint density at radius 3 is 2.55 bits per heavy atom. The number of aryl methyl sites for hydroxylation is 1. The Morgan fingerprint density at radius 1 is 1.10 bits per heavy atom. The number of nitrogens with one attached hydrogen (secondary N) is 1. The van der Waals surface area contributed by atoms with E-state index in [4.69, 9.17) is 14.6 Å². The van der Waals surface area contributed by atoms with Gasteiger partial charge < -0.3 is 14.8 Å². The molecular weight excluding hydrogens is 386 g/mol. The van der Waals surface area contributed by atoms with Crippen LogP contribution >= 0.6 is 11.8 Å². The summed E-state index contributed by atoms with van der Waals surface area (Å²) in [6.45, 7) is 3.90. The van der Waals surface area contributed by atoms with Crippen molar-refractivity contribution in [3.63, 3.8) is 0 Å². The predicted molar refractivity (Wildman–Crippen MR) is 115 cm³/mol. The first kappa shape index (κ1) is 19.4. The molecule has 1 aromatic heterocycles. The summed E-state index contributed by atoms with van der Waals surface area (Å²) in [7, 11) is 3.28. The SMILES string of the molecule is COc1ccc(C2SC(C)C(=O)Nc3c2c(C)nn3-c2ccccc2)c(OC)c1. The fourth-order valence-electron chi connectivity index (χ4n) is 3.55. The molecule has 0 saturated carbocycles. The number of nitrogens with zero attached hydrogens (tertiary/aromatic N) is 2. The van der Waals surface area contributed by atoms with Gasteiger partial charge in [-0.05, 0) is 32.0 Å². The van der Waals surface area contributed by atoms with E-state index in [0.29, 0.717) is 5.82 Å². The van der Waals surface area contributed by atoms with Crippen molar-refractivity contribution in [1.82, 2.24) is 9.78 Å². The molecule has 7 heteroatoms. The molecule has 150 valence electrons. The van der Waals surface area contributed by atoms with Crippen molar-refractivity contribution in [2.75, 3.05) is 19.5 Å². The summed E-state index contributed by atoms with van der Waals surface area (Å²) in [6.07, 6.45) is 0. The third-order valence-corrected chi connectivity index (χ3v) is 6.43. The van der Waals surface area contributed by atoms with Crippen LogP contribution in [0.1, 0.15) is 29.0 Å². The van der Waals surface area contributed by atoms with Gasteiger partial charge in [-0.25, -0.2) is 4.68 Å². The van der Waals surface area contributed by atoms with E-state index >= 15 is 0 Å². The van der Waals surface area contributed by atoms with Crippen LogP contribution in [0.15, 0.2) is 48.5 Å². The summed E-state index contributed by atoms with van der Waals surface area (Å²) >= 11 is 1.59. The Balaban J connectivity index is 1.92. The standard InChI is InChI=1S/C22H23N3O3S/c1-13-19-20(17-11-10-16(27-3)12-18(17)28-4)29-14(2)22(26)23-21(19)25(24-13)15-8-6-5-7-9-15/h5-12,14,20H,1-4H3,(H,23,26). The van der Waals surface area contributed by atoms with Gasteiger partial charge in [0.1, 0.15) is 17.3 Å². The number of fused-ring (bicyclic) bond motifs is 1. The molecule has 1 amide bonds. The molecular formula is C22H23N3O3S. The summed E-state index contributed by atoms with van der Waals surface area (Å²) in [4.78, 5) is 12.8. The third-order valence-electron chi connectivity index (χ3n) is 5.04. The molecule has 0 radical (unpaired) electrons. The zero-order chi connectivity index (χ0) is 20.5. The molecule has 1 aliphatic rings. The number of methoxy groups -OCH3 is 2. The summed E-state index contributed by atoms with van der Waals surface area (Å²) < 4.78 is 12.8. The minimum Gasteiger partial charge on any atom is -0.497 e. The van der Waals surface area contributed by atoms with Crippen molar-refractivity contribution in [3.8, 4) is 17.2 Å². The lowest BCUT2D eigenvalue weighted by Crippen LogP contribution is -2.22. The summed E-state index contributed by atoms with van der Waals surface area (Å²) in [5, 5.41) is 7.50. The van der Waals surface area contributed by atoms with Crippen molar-refractivity contribution < 1.29 is 14.3 Å². The second-order valence-corrected chi connectivity index (χ2v) is 8.30. The molecule has 0 bridgehead atoms. The number of thioether (sulfide) groups is 1. The summed E-state index contributed by atoms with van der Waals surface area (Å²) in [5.74, 6) is 2.12. The normalized spacial score (nSPS) is 18.6. The second kappa shape index (κ2) is 7.83. The van der Waals surface area contributed by atoms with Gasteiger partial charge in [-0.2, -0.15) is 5.10 Å². The smallest absolute Gasteiger partial charge is 0.238 e. The maximum atomic E-state index is 12.8. The lowest BCUT2D eigenvalue weighted by atomic mass is 10.0. The average molecular weight is 410 g/mol. The molecule has 4 rings (SSSR count). The maximum absolute atomic E-state index is 12.8. The number of carbonyl (C=O) groups is 1. The molecule has 2 atom stereocenters. The first-order valence-electron chi connectivity index (χ1n) is 9.36. The van der Waals surface area contributed by atoms with Gasteiger partial charge in [0, 0.05) is 17.2 Å². The largest absolute Gasteiger partial charge is 0.497 e. The number of hydrogen-bond acceptors (Lipinski definition) is 5. The minimum atomic E-state index is -0.233. The van der Waals surface area contributed by atoms with E-state index in [1.165, 1.54) is 0 Å². The number of carbonyl (C=O) groups excluding carboxylic acids is 1. The van der Waals surface area contributed by atoms with Crippen molar-refractivity contribution in [2.45, 2.75) is 24.3 Å². The number of para-hydroxylation sites is 1. The highest BCUT2D eigenvalue weighted by Gasteiger charge is 2.35. The van der Waals surface area contributed by atoms with Gasteiger partial charge in [0.25, 0.3) is 0 Å². The number of aromatic nitrogens is 2. The average Bonchev–Trinajstić information content (AvgIpc) is 3.00. The van der Waals surface area contributed by atoms with Gasteiger partial charge in [0.05, 0.1) is 36.1 Å². The summed E-state index contributed by atoms with van der Waals surface area (Å²) in [5.41, 5.74) is 3.74. The Bertz CT molecular complexity index is 1050. The van der Waals surface area contributed by atoms with Crippen LogP contribution in [-0.4, -0.2) is 35.2 Å². The quantitative estimate of drug-likeness (QED) is 0.694. The topological polar surface area (TPSA) is 65.4 Å². The lowest BCUT2D eigenvalue weighted by Gasteiger charge is -2.20. The van der Waals surface area contributed by atoms with E-state index in [1.807, 2.05) is 67.1 Å². The van der Waals surface area contributed by atoms with Crippen LogP contribution in [0.5, 0.6) is 11.5 Å². The number of anilines is 1. The van der Waals surface area contributed by atoms with Gasteiger partial charge in [-0.1, -0.05) is 24.3 Å². The first-order chi connectivity index (χ1) is 14.0. The fourth-order valence-corrected chi connectivity index (χ4v) is 4.90. The lowest BCUT2D eigenvalue weighted by molar-refractivity contribution is -0.115. The molecule has 2 heterocycles. The van der Waals surface area contributed by atoms with Crippen LogP contribution in [-0.2, 0) is 4.79 Å². The van der Waals surface area contributed by atoms with Crippen LogP contribution < -0.4 is 14.8 Å². The van der Waals surface area contributed by atoms with E-state index < -0.39 is 0 Å². The van der Waals surface area contributed by atoms with Gasteiger partial charge >= 0.3 is 0 Å². The van der Waals surface area contributed by atoms with Crippen molar-refractivity contribution in [2.24, 2.45) is 0 Å². The van der Waals surface area contributed by atoms with Gasteiger partial charge in [-0.3, -0.25) is 4.79 Å². The first-order valence-corrected chi connectivity index (χ1v) is 10.3. The molecule has 0 aliphatic carbocycles. The molecule has 0 fully saturated rings. The second-order valence-electron chi connectivity index (χ2n) is 6.85. The van der Waals surface area contributed by atoms with Crippen LogP contribution in [0.4, 0.5) is 5.82 Å². The molecule has 3 aromatic rings. The van der Waals surface area contributed by atoms with Gasteiger partial charge in [0.2, 0.25) is 5.91 Å². The van der Waals surface area contributed by atoms with Gasteiger partial charge in [-0.15, -0.1) is 11.8 Å². The summed E-state index contributed by atoms with van der Waals surface area (Å²) in [6, 6.07) is 15.6. The molecule has 6 nitrogen and oxygen atoms in total. The Hall–Kier alpha value is -2.93. The zero-order valence-electron chi connectivity index (χ0n) is 16.8. The van der Waals surface area contributed by atoms with Gasteiger partial charge in [0.15, 0.2) is 0 Å². The monoisotopic (exact) mass is 409 g/mol. The van der Waals surface area contributed by atoms with Crippen LogP contribution in [0.2, 0.25) is 0 Å². The molecule has 2 unspecified atom stereocenters. The minimum absolute atomic E-state index is 0.0386. The molecule has 2 aromatic carbocycles. The third kappa shape index (κ3) is 3.46. The van der Waals surface area contributed by atoms with E-state index in [2.05, 4.69) is 5.32 Å². The highest BCUT2D eigenvalue weighted by atomic mass is 32.2. The molecule has 0 spiro atoms. The molecule has 0 saturated heterocycles. The van der Waals surface area contributed by atoms with Crippen LogP contribution in [0.25, 0.3) is 5.69 Å². The number of rotatable bonds is 4. The van der Waals surface area contributed by atoms with E-state index in [0.717, 1.165) is 34.0 Å². The fraction of sp³-hybridized carbons (Fsp3) is 0.273. The Kier molecular flexibility index (Phi) is 5.24. The van der Waals surface area contributed by atoms with E-state index in [1.54, 1.807) is 26.0 Å². The number of hydrogen-bond donors (Lipinski definition) is 1. The van der Waals surface area contributed by atoms with Crippen LogP contribution in [0, 0.1) is 6.92 Å². The number of benzene rings is 2. The predicted octanol–water partition coefficient (Wildman–Crippen LogP) is 4.36.